The van der Waals surface area contributed by atoms with Gasteiger partial charge in [-0.2, -0.15) is 0 Å². The van der Waals surface area contributed by atoms with Crippen LogP contribution in [0, 0.1) is 6.92 Å². The van der Waals surface area contributed by atoms with Crippen molar-refractivity contribution in [2.45, 2.75) is 26.4 Å². The van der Waals surface area contributed by atoms with Crippen LogP contribution in [0.1, 0.15) is 18.1 Å². The lowest BCUT2D eigenvalue weighted by molar-refractivity contribution is -0.120. The van der Waals surface area contributed by atoms with Gasteiger partial charge in [0.1, 0.15) is 0 Å². The second kappa shape index (κ2) is 7.43. The molecule has 0 aliphatic rings. The fourth-order valence-corrected chi connectivity index (χ4v) is 2.30. The molecule has 0 aliphatic carbocycles. The minimum atomic E-state index is -0.227. The van der Waals surface area contributed by atoms with E-state index < -0.39 is 0 Å². The van der Waals surface area contributed by atoms with Gasteiger partial charge in [0.05, 0.1) is 6.04 Å². The number of halogens is 1. The van der Waals surface area contributed by atoms with E-state index in [1.807, 2.05) is 31.0 Å². The van der Waals surface area contributed by atoms with Crippen molar-refractivity contribution in [3.8, 4) is 0 Å². The van der Waals surface area contributed by atoms with E-state index in [0.29, 0.717) is 5.02 Å². The zero-order chi connectivity index (χ0) is 16.1. The van der Waals surface area contributed by atoms with Gasteiger partial charge in [0.2, 0.25) is 5.91 Å². The summed E-state index contributed by atoms with van der Waals surface area (Å²) in [7, 11) is 1.96. The molecule has 3 nitrogen and oxygen atoms in total. The van der Waals surface area contributed by atoms with Gasteiger partial charge < -0.3 is 5.32 Å². The molecule has 0 heterocycles. The van der Waals surface area contributed by atoms with Crippen molar-refractivity contribution in [2.75, 3.05) is 12.4 Å². The molecule has 116 valence electrons. The van der Waals surface area contributed by atoms with Gasteiger partial charge in [-0.15, -0.1) is 0 Å². The molecule has 0 radical (unpaired) electrons. The summed E-state index contributed by atoms with van der Waals surface area (Å²) >= 11 is 5.85. The summed E-state index contributed by atoms with van der Waals surface area (Å²) in [6, 6.07) is 15.1. The first-order chi connectivity index (χ1) is 10.5. The Labute approximate surface area is 136 Å². The number of aryl methyl sites for hydroxylation is 1. The van der Waals surface area contributed by atoms with Gasteiger partial charge in [-0.1, -0.05) is 35.9 Å². The van der Waals surface area contributed by atoms with Crippen molar-refractivity contribution in [1.29, 1.82) is 0 Å². The number of nitrogens with one attached hydrogen (secondary N) is 1. The minimum absolute atomic E-state index is 0.0293. The highest BCUT2D eigenvalue weighted by atomic mass is 35.5. The Morgan fingerprint density at radius 3 is 2.45 bits per heavy atom. The number of hydrogen-bond acceptors (Lipinski definition) is 2. The Bertz CT molecular complexity index is 640. The summed E-state index contributed by atoms with van der Waals surface area (Å²) in [6.45, 7) is 4.73. The normalized spacial score (nSPS) is 12.2. The van der Waals surface area contributed by atoms with Crippen molar-refractivity contribution >= 4 is 23.2 Å². The van der Waals surface area contributed by atoms with Crippen molar-refractivity contribution in [1.82, 2.24) is 4.90 Å². The lowest BCUT2D eigenvalue weighted by Gasteiger charge is -2.24. The highest BCUT2D eigenvalue weighted by Crippen LogP contribution is 2.15. The number of anilines is 1. The van der Waals surface area contributed by atoms with Gasteiger partial charge >= 0.3 is 0 Å². The predicted octanol–water partition coefficient (Wildman–Crippen LogP) is 4.11. The number of benzene rings is 2. The number of hydrogen-bond donors (Lipinski definition) is 1. The molecule has 0 aromatic heterocycles. The average molecular weight is 317 g/mol. The zero-order valence-electron chi connectivity index (χ0n) is 13.1. The Kier molecular flexibility index (Phi) is 5.58. The molecular formula is C18H21ClN2O. The number of nitrogens with zero attached hydrogens (tertiary/aromatic N) is 1. The van der Waals surface area contributed by atoms with Crippen LogP contribution in [0.15, 0.2) is 48.5 Å². The van der Waals surface area contributed by atoms with E-state index in [1.54, 1.807) is 24.3 Å². The first-order valence-corrected chi connectivity index (χ1v) is 7.66. The van der Waals surface area contributed by atoms with Crippen molar-refractivity contribution in [3.63, 3.8) is 0 Å². The lowest BCUT2D eigenvalue weighted by atomic mass is 10.1. The number of likely N-dealkylation sites (N-methyl/N-ethyl adjacent to an activating group) is 1. The number of carbonyl (C=O) groups excluding carboxylic acids is 1. The van der Waals surface area contributed by atoms with Gasteiger partial charge in [-0.3, -0.25) is 9.69 Å². The first-order valence-electron chi connectivity index (χ1n) is 7.28. The monoisotopic (exact) mass is 316 g/mol. The zero-order valence-corrected chi connectivity index (χ0v) is 13.9. The van der Waals surface area contributed by atoms with Gasteiger partial charge in [-0.25, -0.2) is 0 Å². The summed E-state index contributed by atoms with van der Waals surface area (Å²) in [5.74, 6) is -0.0293. The maximum absolute atomic E-state index is 12.3. The van der Waals surface area contributed by atoms with Gasteiger partial charge in [0.25, 0.3) is 0 Å². The van der Waals surface area contributed by atoms with E-state index >= 15 is 0 Å². The molecule has 0 saturated heterocycles. The summed E-state index contributed by atoms with van der Waals surface area (Å²) in [6.07, 6.45) is 0. The SMILES string of the molecule is Cc1ccccc1CN(C)[C@H](C)C(=O)Nc1ccc(Cl)cc1. The first kappa shape index (κ1) is 16.5. The Balaban J connectivity index is 1.97. The second-order valence-corrected chi connectivity index (χ2v) is 5.95. The molecule has 22 heavy (non-hydrogen) atoms. The van der Waals surface area contributed by atoms with Gasteiger partial charge in [0, 0.05) is 17.3 Å². The molecule has 1 N–H and O–H groups in total. The maximum atomic E-state index is 12.3. The van der Waals surface area contributed by atoms with Crippen LogP contribution in [0.3, 0.4) is 0 Å². The van der Waals surface area contributed by atoms with Crippen LogP contribution >= 0.6 is 11.6 Å². The smallest absolute Gasteiger partial charge is 0.241 e. The summed E-state index contributed by atoms with van der Waals surface area (Å²) in [5.41, 5.74) is 3.22. The summed E-state index contributed by atoms with van der Waals surface area (Å²) in [5, 5.41) is 3.57. The van der Waals surface area contributed by atoms with E-state index in [9.17, 15) is 4.79 Å². The fourth-order valence-electron chi connectivity index (χ4n) is 2.17. The number of rotatable bonds is 5. The van der Waals surface area contributed by atoms with Crippen LogP contribution in [0.25, 0.3) is 0 Å². The summed E-state index contributed by atoms with van der Waals surface area (Å²) < 4.78 is 0. The molecule has 1 atom stereocenters. The van der Waals surface area contributed by atoms with E-state index in [1.165, 1.54) is 11.1 Å². The minimum Gasteiger partial charge on any atom is -0.325 e. The van der Waals surface area contributed by atoms with Crippen LogP contribution in [0.4, 0.5) is 5.69 Å². The molecule has 0 unspecified atom stereocenters. The van der Waals surface area contributed by atoms with E-state index in [0.717, 1.165) is 12.2 Å². The standard InChI is InChI=1S/C18H21ClN2O/c1-13-6-4-5-7-15(13)12-21(3)14(2)18(22)20-17-10-8-16(19)9-11-17/h4-11,14H,12H2,1-3H3,(H,20,22)/t14-/m1/s1. The average Bonchev–Trinajstić information content (AvgIpc) is 2.51. The van der Waals surface area contributed by atoms with Crippen molar-refractivity contribution in [3.05, 3.63) is 64.7 Å². The number of amides is 1. The van der Waals surface area contributed by atoms with Crippen LogP contribution < -0.4 is 5.32 Å². The topological polar surface area (TPSA) is 32.3 Å². The molecule has 0 fully saturated rings. The Morgan fingerprint density at radius 2 is 1.82 bits per heavy atom. The fraction of sp³-hybridized carbons (Fsp3) is 0.278. The molecule has 2 aromatic rings. The van der Waals surface area contributed by atoms with E-state index in [4.69, 9.17) is 11.6 Å². The van der Waals surface area contributed by atoms with Gasteiger partial charge in [-0.05, 0) is 56.3 Å². The van der Waals surface area contributed by atoms with E-state index in [-0.39, 0.29) is 11.9 Å². The molecule has 2 rings (SSSR count). The highest BCUT2D eigenvalue weighted by Gasteiger charge is 2.18. The third kappa shape index (κ3) is 4.33. The number of carbonyl (C=O) groups is 1. The molecule has 0 spiro atoms. The second-order valence-electron chi connectivity index (χ2n) is 5.51. The molecular weight excluding hydrogens is 296 g/mol. The maximum Gasteiger partial charge on any atom is 0.241 e. The predicted molar refractivity (Wildman–Crippen MR) is 92.2 cm³/mol. The Hall–Kier alpha value is -1.84. The van der Waals surface area contributed by atoms with Crippen molar-refractivity contribution < 1.29 is 4.79 Å². The lowest BCUT2D eigenvalue weighted by Crippen LogP contribution is -2.39. The molecule has 0 saturated carbocycles. The molecule has 0 aliphatic heterocycles. The Morgan fingerprint density at radius 1 is 1.18 bits per heavy atom. The van der Waals surface area contributed by atoms with Gasteiger partial charge in [0.15, 0.2) is 0 Å². The quantitative estimate of drug-likeness (QED) is 0.900. The third-order valence-corrected chi connectivity index (χ3v) is 4.09. The molecule has 0 bridgehead atoms. The highest BCUT2D eigenvalue weighted by molar-refractivity contribution is 6.30. The van der Waals surface area contributed by atoms with Crippen LogP contribution in [-0.2, 0) is 11.3 Å². The van der Waals surface area contributed by atoms with Crippen LogP contribution in [0.2, 0.25) is 5.02 Å². The van der Waals surface area contributed by atoms with Crippen LogP contribution in [-0.4, -0.2) is 23.9 Å². The molecule has 2 aromatic carbocycles. The largest absolute Gasteiger partial charge is 0.325 e. The van der Waals surface area contributed by atoms with E-state index in [2.05, 4.69) is 24.4 Å². The summed E-state index contributed by atoms with van der Waals surface area (Å²) in [4.78, 5) is 14.4. The van der Waals surface area contributed by atoms with Crippen molar-refractivity contribution in [2.24, 2.45) is 0 Å². The molecule has 1 amide bonds. The molecule has 4 heteroatoms. The van der Waals surface area contributed by atoms with Crippen LogP contribution in [0.5, 0.6) is 0 Å². The third-order valence-electron chi connectivity index (χ3n) is 3.83.